The zero-order chi connectivity index (χ0) is 18.4. The van der Waals surface area contributed by atoms with Crippen LogP contribution in [0.25, 0.3) is 0 Å². The summed E-state index contributed by atoms with van der Waals surface area (Å²) in [5, 5.41) is 0. The van der Waals surface area contributed by atoms with Gasteiger partial charge in [-0.2, -0.15) is 0 Å². The lowest BCUT2D eigenvalue weighted by atomic mass is 10.00. The molecule has 1 heterocycles. The first kappa shape index (κ1) is 18.0. The Hall–Kier alpha value is -2.85. The summed E-state index contributed by atoms with van der Waals surface area (Å²) in [6, 6.07) is 17.9. The number of hydrogen-bond donors (Lipinski definition) is 1. The van der Waals surface area contributed by atoms with Crippen molar-refractivity contribution < 1.29 is 9.47 Å². The molecule has 0 saturated carbocycles. The molecule has 3 aromatic rings. The molecule has 0 spiro atoms. The second-order valence-electron chi connectivity index (χ2n) is 6.32. The molecule has 4 heteroatoms. The van der Waals surface area contributed by atoms with E-state index >= 15 is 0 Å². The van der Waals surface area contributed by atoms with Crippen LogP contribution >= 0.6 is 0 Å². The van der Waals surface area contributed by atoms with Gasteiger partial charge in [0.15, 0.2) is 11.5 Å². The number of ether oxygens (including phenoxy) is 2. The predicted octanol–water partition coefficient (Wildman–Crippen LogP) is 4.22. The molecule has 0 amide bonds. The summed E-state index contributed by atoms with van der Waals surface area (Å²) in [5.74, 6) is 1.46. The molecular formula is C22H24N2O2. The Kier molecular flexibility index (Phi) is 5.87. The van der Waals surface area contributed by atoms with Crippen molar-refractivity contribution in [1.29, 1.82) is 0 Å². The van der Waals surface area contributed by atoms with Crippen molar-refractivity contribution in [3.8, 4) is 11.5 Å². The molecule has 134 valence electrons. The maximum Gasteiger partial charge on any atom is 0.164 e. The van der Waals surface area contributed by atoms with Gasteiger partial charge in [-0.3, -0.25) is 4.98 Å². The monoisotopic (exact) mass is 348 g/mol. The van der Waals surface area contributed by atoms with Gasteiger partial charge in [0, 0.05) is 18.4 Å². The van der Waals surface area contributed by atoms with Gasteiger partial charge in [0.1, 0.15) is 6.61 Å². The third-order valence-electron chi connectivity index (χ3n) is 4.34. The third-order valence-corrected chi connectivity index (χ3v) is 4.34. The average molecular weight is 348 g/mol. The molecule has 1 atom stereocenters. The highest BCUT2D eigenvalue weighted by Gasteiger charge is 2.15. The third kappa shape index (κ3) is 4.41. The molecule has 1 aromatic heterocycles. The summed E-state index contributed by atoms with van der Waals surface area (Å²) in [6.45, 7) is 2.55. The molecule has 0 saturated heterocycles. The number of nitrogens with two attached hydrogens (primary N) is 1. The van der Waals surface area contributed by atoms with Crippen LogP contribution < -0.4 is 15.2 Å². The van der Waals surface area contributed by atoms with Crippen molar-refractivity contribution in [3.05, 3.63) is 89.2 Å². The van der Waals surface area contributed by atoms with Gasteiger partial charge in [0.05, 0.1) is 7.11 Å². The summed E-state index contributed by atoms with van der Waals surface area (Å²) in [4.78, 5) is 4.15. The molecule has 0 aliphatic heterocycles. The van der Waals surface area contributed by atoms with E-state index in [2.05, 4.69) is 36.2 Å². The number of rotatable bonds is 7. The topological polar surface area (TPSA) is 57.4 Å². The van der Waals surface area contributed by atoms with E-state index in [0.717, 1.165) is 22.4 Å². The van der Waals surface area contributed by atoms with Crippen molar-refractivity contribution >= 4 is 0 Å². The fourth-order valence-corrected chi connectivity index (χ4v) is 2.84. The molecule has 0 radical (unpaired) electrons. The van der Waals surface area contributed by atoms with E-state index in [1.54, 1.807) is 19.5 Å². The van der Waals surface area contributed by atoms with Crippen molar-refractivity contribution in [3.63, 3.8) is 0 Å². The van der Waals surface area contributed by atoms with Crippen molar-refractivity contribution in [2.45, 2.75) is 26.0 Å². The van der Waals surface area contributed by atoms with E-state index < -0.39 is 0 Å². The van der Waals surface area contributed by atoms with Crippen LogP contribution in [0.5, 0.6) is 11.5 Å². The Morgan fingerprint density at radius 2 is 1.85 bits per heavy atom. The first-order valence-electron chi connectivity index (χ1n) is 8.67. The maximum atomic E-state index is 6.37. The van der Waals surface area contributed by atoms with Crippen molar-refractivity contribution in [2.24, 2.45) is 5.73 Å². The van der Waals surface area contributed by atoms with Gasteiger partial charge in [-0.15, -0.1) is 0 Å². The highest BCUT2D eigenvalue weighted by atomic mass is 16.5. The van der Waals surface area contributed by atoms with E-state index in [9.17, 15) is 0 Å². The van der Waals surface area contributed by atoms with Crippen LogP contribution in [0.3, 0.4) is 0 Å². The lowest BCUT2D eigenvalue weighted by Gasteiger charge is -2.18. The zero-order valence-corrected chi connectivity index (χ0v) is 15.2. The van der Waals surface area contributed by atoms with Crippen LogP contribution in [-0.4, -0.2) is 12.1 Å². The van der Waals surface area contributed by atoms with Gasteiger partial charge in [-0.1, -0.05) is 48.0 Å². The molecule has 0 fully saturated rings. The standard InChI is InChI=1S/C22H24N2O2/c1-16-8-10-17(11-9-16)15-26-22-18(5-3-7-21(22)25-2)13-20(23)19-6-4-12-24-14-19/h3-12,14,20H,13,15,23H2,1-2H3. The lowest BCUT2D eigenvalue weighted by molar-refractivity contribution is 0.281. The Labute approximate surface area is 154 Å². The van der Waals surface area contributed by atoms with Gasteiger partial charge in [-0.25, -0.2) is 0 Å². The Bertz CT molecular complexity index is 833. The van der Waals surface area contributed by atoms with Gasteiger partial charge < -0.3 is 15.2 Å². The van der Waals surface area contributed by atoms with Crippen LogP contribution in [0, 0.1) is 6.92 Å². The van der Waals surface area contributed by atoms with Gasteiger partial charge in [0.2, 0.25) is 0 Å². The summed E-state index contributed by atoms with van der Waals surface area (Å²) in [7, 11) is 1.65. The SMILES string of the molecule is COc1cccc(CC(N)c2cccnc2)c1OCc1ccc(C)cc1. The van der Waals surface area contributed by atoms with Crippen LogP contribution in [-0.2, 0) is 13.0 Å². The van der Waals surface area contributed by atoms with Crippen molar-refractivity contribution in [1.82, 2.24) is 4.98 Å². The van der Waals surface area contributed by atoms with Crippen LogP contribution in [0.1, 0.15) is 28.3 Å². The number of benzene rings is 2. The van der Waals surface area contributed by atoms with E-state index in [4.69, 9.17) is 15.2 Å². The lowest BCUT2D eigenvalue weighted by Crippen LogP contribution is -2.14. The van der Waals surface area contributed by atoms with Crippen LogP contribution in [0.15, 0.2) is 67.0 Å². The second-order valence-corrected chi connectivity index (χ2v) is 6.32. The van der Waals surface area contributed by atoms with E-state index in [1.807, 2.05) is 30.3 Å². The molecular weight excluding hydrogens is 324 g/mol. The number of pyridine rings is 1. The maximum absolute atomic E-state index is 6.37. The first-order valence-corrected chi connectivity index (χ1v) is 8.67. The highest BCUT2D eigenvalue weighted by molar-refractivity contribution is 5.47. The predicted molar refractivity (Wildman–Crippen MR) is 103 cm³/mol. The minimum Gasteiger partial charge on any atom is -0.493 e. The van der Waals surface area contributed by atoms with E-state index in [-0.39, 0.29) is 6.04 Å². The van der Waals surface area contributed by atoms with Gasteiger partial charge >= 0.3 is 0 Å². The quantitative estimate of drug-likeness (QED) is 0.694. The summed E-state index contributed by atoms with van der Waals surface area (Å²) in [6.07, 6.45) is 4.20. The minimum absolute atomic E-state index is 0.155. The molecule has 4 nitrogen and oxygen atoms in total. The number of aromatic nitrogens is 1. The molecule has 1 unspecified atom stereocenters. The van der Waals surface area contributed by atoms with Gasteiger partial charge in [-0.05, 0) is 42.2 Å². The summed E-state index contributed by atoms with van der Waals surface area (Å²) < 4.78 is 11.6. The molecule has 2 aromatic carbocycles. The van der Waals surface area contributed by atoms with Gasteiger partial charge in [0.25, 0.3) is 0 Å². The fourth-order valence-electron chi connectivity index (χ4n) is 2.84. The highest BCUT2D eigenvalue weighted by Crippen LogP contribution is 2.34. The number of aryl methyl sites for hydroxylation is 1. The van der Waals surface area contributed by atoms with Crippen LogP contribution in [0.4, 0.5) is 0 Å². The Balaban J connectivity index is 1.80. The largest absolute Gasteiger partial charge is 0.493 e. The summed E-state index contributed by atoms with van der Waals surface area (Å²) >= 11 is 0. The molecule has 0 aliphatic rings. The second kappa shape index (κ2) is 8.50. The number of nitrogens with zero attached hydrogens (tertiary/aromatic N) is 1. The molecule has 3 rings (SSSR count). The van der Waals surface area contributed by atoms with Crippen LogP contribution in [0.2, 0.25) is 0 Å². The smallest absolute Gasteiger partial charge is 0.164 e. The van der Waals surface area contributed by atoms with Crippen molar-refractivity contribution in [2.75, 3.05) is 7.11 Å². The normalized spacial score (nSPS) is 11.8. The zero-order valence-electron chi connectivity index (χ0n) is 15.2. The first-order chi connectivity index (χ1) is 12.7. The minimum atomic E-state index is -0.155. The van der Waals surface area contributed by atoms with E-state index in [0.29, 0.717) is 18.8 Å². The average Bonchev–Trinajstić information content (AvgIpc) is 2.68. The molecule has 2 N–H and O–H groups in total. The molecule has 26 heavy (non-hydrogen) atoms. The number of hydrogen-bond acceptors (Lipinski definition) is 4. The van der Waals surface area contributed by atoms with E-state index in [1.165, 1.54) is 5.56 Å². The molecule has 0 bridgehead atoms. The Morgan fingerprint density at radius 3 is 2.54 bits per heavy atom. The Morgan fingerprint density at radius 1 is 1.04 bits per heavy atom. The number of para-hydroxylation sites is 1. The molecule has 0 aliphatic carbocycles. The summed E-state index contributed by atoms with van der Waals surface area (Å²) in [5.41, 5.74) is 10.7. The fraction of sp³-hybridized carbons (Fsp3) is 0.227. The number of methoxy groups -OCH3 is 1.